The van der Waals surface area contributed by atoms with E-state index in [0.29, 0.717) is 12.2 Å². The molecule has 0 saturated heterocycles. The van der Waals surface area contributed by atoms with E-state index in [1.807, 2.05) is 74.5 Å². The number of ether oxygens (including phenoxy) is 1. The number of nitrogens with one attached hydrogen (secondary N) is 1. The SMILES string of the molecule is CCC(Oc1ccc2ccccc2c1)C(=O)Nc1ccc(C)cc1. The number of carbonyl (C=O) groups excluding carboxylic acids is 1. The number of benzene rings is 3. The maximum Gasteiger partial charge on any atom is 0.265 e. The second-order valence-corrected chi connectivity index (χ2v) is 5.88. The first-order chi connectivity index (χ1) is 11.7. The van der Waals surface area contributed by atoms with Gasteiger partial charge in [-0.2, -0.15) is 0 Å². The van der Waals surface area contributed by atoms with Crippen LogP contribution in [-0.2, 0) is 4.79 Å². The normalized spacial score (nSPS) is 11.9. The summed E-state index contributed by atoms with van der Waals surface area (Å²) < 4.78 is 5.92. The van der Waals surface area contributed by atoms with Crippen molar-refractivity contribution in [2.45, 2.75) is 26.4 Å². The summed E-state index contributed by atoms with van der Waals surface area (Å²) in [6.45, 7) is 3.96. The first-order valence-corrected chi connectivity index (χ1v) is 8.18. The molecule has 0 saturated carbocycles. The Labute approximate surface area is 142 Å². The number of fused-ring (bicyclic) bond motifs is 1. The van der Waals surface area contributed by atoms with Crippen molar-refractivity contribution in [2.75, 3.05) is 5.32 Å². The Morgan fingerprint density at radius 2 is 1.71 bits per heavy atom. The predicted octanol–water partition coefficient (Wildman–Crippen LogP) is 4.94. The van der Waals surface area contributed by atoms with Crippen molar-refractivity contribution in [3.63, 3.8) is 0 Å². The summed E-state index contributed by atoms with van der Waals surface area (Å²) in [5.74, 6) is 0.578. The van der Waals surface area contributed by atoms with E-state index in [9.17, 15) is 4.79 Å². The van der Waals surface area contributed by atoms with Crippen LogP contribution >= 0.6 is 0 Å². The average molecular weight is 319 g/mol. The third kappa shape index (κ3) is 3.74. The fourth-order valence-electron chi connectivity index (χ4n) is 2.59. The van der Waals surface area contributed by atoms with E-state index >= 15 is 0 Å². The Kier molecular flexibility index (Phi) is 4.80. The summed E-state index contributed by atoms with van der Waals surface area (Å²) in [6, 6.07) is 21.7. The average Bonchev–Trinajstić information content (AvgIpc) is 2.61. The molecule has 0 heterocycles. The minimum atomic E-state index is -0.521. The molecule has 0 aliphatic rings. The second kappa shape index (κ2) is 7.18. The lowest BCUT2D eigenvalue weighted by Crippen LogP contribution is -2.32. The standard InChI is InChI=1S/C21H21NO2/c1-3-20(21(23)22-18-11-8-15(2)9-12-18)24-19-13-10-16-6-4-5-7-17(16)14-19/h4-14,20H,3H2,1-2H3,(H,22,23). The molecule has 3 aromatic rings. The van der Waals surface area contributed by atoms with Crippen LogP contribution in [0, 0.1) is 6.92 Å². The first kappa shape index (κ1) is 16.1. The number of rotatable bonds is 5. The Morgan fingerprint density at radius 3 is 2.42 bits per heavy atom. The Balaban J connectivity index is 1.72. The molecule has 0 radical (unpaired) electrons. The van der Waals surface area contributed by atoms with Crippen molar-refractivity contribution in [1.82, 2.24) is 0 Å². The summed E-state index contributed by atoms with van der Waals surface area (Å²) in [5, 5.41) is 5.17. The van der Waals surface area contributed by atoms with Crippen LogP contribution in [0.2, 0.25) is 0 Å². The Hall–Kier alpha value is -2.81. The predicted molar refractivity (Wildman–Crippen MR) is 98.5 cm³/mol. The third-order valence-corrected chi connectivity index (χ3v) is 3.98. The molecular formula is C21H21NO2. The topological polar surface area (TPSA) is 38.3 Å². The number of carbonyl (C=O) groups is 1. The number of hydrogen-bond donors (Lipinski definition) is 1. The molecule has 3 rings (SSSR count). The molecule has 1 unspecified atom stereocenters. The largest absolute Gasteiger partial charge is 0.481 e. The van der Waals surface area contributed by atoms with Crippen molar-refractivity contribution < 1.29 is 9.53 Å². The lowest BCUT2D eigenvalue weighted by atomic mass is 10.1. The molecule has 3 aromatic carbocycles. The van der Waals surface area contributed by atoms with E-state index < -0.39 is 6.10 Å². The molecule has 0 aromatic heterocycles. The fraction of sp³-hybridized carbons (Fsp3) is 0.190. The number of amides is 1. The number of anilines is 1. The lowest BCUT2D eigenvalue weighted by Gasteiger charge is -2.17. The van der Waals surface area contributed by atoms with Gasteiger partial charge in [-0.05, 0) is 48.4 Å². The van der Waals surface area contributed by atoms with Crippen LogP contribution < -0.4 is 10.1 Å². The van der Waals surface area contributed by atoms with Gasteiger partial charge in [0.25, 0.3) is 5.91 Å². The summed E-state index contributed by atoms with van der Waals surface area (Å²) >= 11 is 0. The smallest absolute Gasteiger partial charge is 0.265 e. The van der Waals surface area contributed by atoms with Crippen molar-refractivity contribution >= 4 is 22.4 Å². The van der Waals surface area contributed by atoms with Crippen molar-refractivity contribution in [2.24, 2.45) is 0 Å². The summed E-state index contributed by atoms with van der Waals surface area (Å²) in [6.07, 6.45) is 0.0808. The van der Waals surface area contributed by atoms with Gasteiger partial charge in [-0.15, -0.1) is 0 Å². The molecule has 3 heteroatoms. The van der Waals surface area contributed by atoms with Crippen LogP contribution in [0.3, 0.4) is 0 Å². The van der Waals surface area contributed by atoms with E-state index in [0.717, 1.165) is 22.0 Å². The molecule has 0 aliphatic carbocycles. The highest BCUT2D eigenvalue weighted by molar-refractivity contribution is 5.94. The van der Waals surface area contributed by atoms with Crippen molar-refractivity contribution in [3.8, 4) is 5.75 Å². The number of aryl methyl sites for hydroxylation is 1. The van der Waals surface area contributed by atoms with Gasteiger partial charge in [0.05, 0.1) is 0 Å². The monoisotopic (exact) mass is 319 g/mol. The van der Waals surface area contributed by atoms with E-state index in [1.165, 1.54) is 0 Å². The second-order valence-electron chi connectivity index (χ2n) is 5.88. The van der Waals surface area contributed by atoms with Crippen LogP contribution in [0.5, 0.6) is 5.75 Å². The quantitative estimate of drug-likeness (QED) is 0.723. The van der Waals surface area contributed by atoms with Gasteiger partial charge in [0.15, 0.2) is 6.10 Å². The molecular weight excluding hydrogens is 298 g/mol. The third-order valence-electron chi connectivity index (χ3n) is 3.98. The molecule has 122 valence electrons. The van der Waals surface area contributed by atoms with Crippen molar-refractivity contribution in [1.29, 1.82) is 0 Å². The van der Waals surface area contributed by atoms with Crippen LogP contribution in [0.25, 0.3) is 10.8 Å². The Bertz CT molecular complexity index is 840. The van der Waals surface area contributed by atoms with Gasteiger partial charge in [-0.25, -0.2) is 0 Å². The summed E-state index contributed by atoms with van der Waals surface area (Å²) in [5.41, 5.74) is 1.94. The van der Waals surface area contributed by atoms with Gasteiger partial charge in [0.2, 0.25) is 0 Å². The Morgan fingerprint density at radius 1 is 1.00 bits per heavy atom. The zero-order valence-electron chi connectivity index (χ0n) is 14.0. The molecule has 1 atom stereocenters. The molecule has 24 heavy (non-hydrogen) atoms. The molecule has 1 N–H and O–H groups in total. The van der Waals surface area contributed by atoms with Crippen LogP contribution in [0.15, 0.2) is 66.7 Å². The maximum absolute atomic E-state index is 12.5. The highest BCUT2D eigenvalue weighted by Crippen LogP contribution is 2.22. The fourth-order valence-corrected chi connectivity index (χ4v) is 2.59. The van der Waals surface area contributed by atoms with Gasteiger partial charge >= 0.3 is 0 Å². The van der Waals surface area contributed by atoms with Crippen LogP contribution in [0.1, 0.15) is 18.9 Å². The van der Waals surface area contributed by atoms with E-state index in [4.69, 9.17) is 4.74 Å². The van der Waals surface area contributed by atoms with Gasteiger partial charge in [-0.1, -0.05) is 55.0 Å². The summed E-state index contributed by atoms with van der Waals surface area (Å²) in [4.78, 5) is 12.5. The highest BCUT2D eigenvalue weighted by Gasteiger charge is 2.18. The first-order valence-electron chi connectivity index (χ1n) is 8.18. The van der Waals surface area contributed by atoms with Crippen LogP contribution in [-0.4, -0.2) is 12.0 Å². The molecule has 0 spiro atoms. The van der Waals surface area contributed by atoms with Gasteiger partial charge < -0.3 is 10.1 Å². The van der Waals surface area contributed by atoms with Gasteiger partial charge in [0.1, 0.15) is 5.75 Å². The molecule has 1 amide bonds. The van der Waals surface area contributed by atoms with Gasteiger partial charge in [0, 0.05) is 5.69 Å². The maximum atomic E-state index is 12.5. The van der Waals surface area contributed by atoms with Gasteiger partial charge in [-0.3, -0.25) is 4.79 Å². The molecule has 0 aliphatic heterocycles. The summed E-state index contributed by atoms with van der Waals surface area (Å²) in [7, 11) is 0. The highest BCUT2D eigenvalue weighted by atomic mass is 16.5. The zero-order chi connectivity index (χ0) is 16.9. The molecule has 3 nitrogen and oxygen atoms in total. The van der Waals surface area contributed by atoms with E-state index in [2.05, 4.69) is 11.4 Å². The van der Waals surface area contributed by atoms with E-state index in [1.54, 1.807) is 0 Å². The minimum absolute atomic E-state index is 0.130. The number of hydrogen-bond acceptors (Lipinski definition) is 2. The van der Waals surface area contributed by atoms with Crippen molar-refractivity contribution in [3.05, 3.63) is 72.3 Å². The molecule has 0 fully saturated rings. The lowest BCUT2D eigenvalue weighted by molar-refractivity contribution is -0.122. The minimum Gasteiger partial charge on any atom is -0.481 e. The van der Waals surface area contributed by atoms with E-state index in [-0.39, 0.29) is 5.91 Å². The molecule has 0 bridgehead atoms. The zero-order valence-corrected chi connectivity index (χ0v) is 14.0. The van der Waals surface area contributed by atoms with Crippen LogP contribution in [0.4, 0.5) is 5.69 Å².